The van der Waals surface area contributed by atoms with E-state index in [1.807, 2.05) is 31.2 Å². The quantitative estimate of drug-likeness (QED) is 0.793. The van der Waals surface area contributed by atoms with Crippen LogP contribution in [0.25, 0.3) is 0 Å². The molecule has 2 aromatic rings. The standard InChI is InChI=1S/C21H26N2O3S/c1-16-6-3-4-9-21(16)27(24,25)23-11-10-20-18(15-23)14-22(20)13-17-7-5-8-19(12-17)26-2/h3-9,12,18,20H,10-11,13-15H2,1-2H3/t18-,20+/m1/s1. The lowest BCUT2D eigenvalue weighted by Crippen LogP contribution is -2.63. The molecule has 0 saturated carbocycles. The molecule has 6 heteroatoms. The predicted octanol–water partition coefficient (Wildman–Crippen LogP) is 2.90. The highest BCUT2D eigenvalue weighted by molar-refractivity contribution is 7.89. The minimum Gasteiger partial charge on any atom is -0.497 e. The Kier molecular flexibility index (Phi) is 4.97. The normalized spacial score (nSPS) is 23.5. The first-order valence-corrected chi connectivity index (χ1v) is 10.9. The maximum Gasteiger partial charge on any atom is 0.243 e. The van der Waals surface area contributed by atoms with Gasteiger partial charge in [0.1, 0.15) is 5.75 Å². The Morgan fingerprint density at radius 1 is 1.11 bits per heavy atom. The van der Waals surface area contributed by atoms with Gasteiger partial charge in [-0.3, -0.25) is 4.90 Å². The van der Waals surface area contributed by atoms with E-state index in [0.717, 1.165) is 30.8 Å². The Labute approximate surface area is 161 Å². The molecule has 4 rings (SSSR count). The summed E-state index contributed by atoms with van der Waals surface area (Å²) >= 11 is 0. The molecule has 5 nitrogen and oxygen atoms in total. The van der Waals surface area contributed by atoms with Crippen LogP contribution in [0.1, 0.15) is 17.5 Å². The molecule has 0 amide bonds. The van der Waals surface area contributed by atoms with Crippen LogP contribution in [-0.4, -0.2) is 50.4 Å². The van der Waals surface area contributed by atoms with Gasteiger partial charge in [-0.15, -0.1) is 0 Å². The van der Waals surface area contributed by atoms with E-state index >= 15 is 0 Å². The maximum atomic E-state index is 13.0. The van der Waals surface area contributed by atoms with Crippen LogP contribution in [0.15, 0.2) is 53.4 Å². The van der Waals surface area contributed by atoms with Gasteiger partial charge in [0.15, 0.2) is 0 Å². The SMILES string of the molecule is COc1cccc(CN2C[C@@H]3CN(S(=O)(=O)c4ccccc4C)CC[C@@H]32)c1. The smallest absolute Gasteiger partial charge is 0.243 e. The zero-order valence-corrected chi connectivity index (χ0v) is 16.7. The van der Waals surface area contributed by atoms with Crippen molar-refractivity contribution in [1.82, 2.24) is 9.21 Å². The summed E-state index contributed by atoms with van der Waals surface area (Å²) in [7, 11) is -1.72. The second-order valence-corrected chi connectivity index (χ2v) is 9.43. The van der Waals surface area contributed by atoms with Crippen molar-refractivity contribution in [1.29, 1.82) is 0 Å². The number of benzene rings is 2. The van der Waals surface area contributed by atoms with Crippen molar-refractivity contribution in [2.24, 2.45) is 5.92 Å². The van der Waals surface area contributed by atoms with E-state index in [-0.39, 0.29) is 0 Å². The fourth-order valence-corrected chi connectivity index (χ4v) is 6.07. The van der Waals surface area contributed by atoms with E-state index in [2.05, 4.69) is 17.0 Å². The minimum atomic E-state index is -3.40. The summed E-state index contributed by atoms with van der Waals surface area (Å²) in [6, 6.07) is 15.9. The molecule has 0 radical (unpaired) electrons. The molecule has 0 aromatic heterocycles. The monoisotopic (exact) mass is 386 g/mol. The van der Waals surface area contributed by atoms with Crippen LogP contribution < -0.4 is 4.74 Å². The Bertz CT molecular complexity index is 929. The maximum absolute atomic E-state index is 13.0. The van der Waals surface area contributed by atoms with E-state index in [4.69, 9.17) is 4.74 Å². The van der Waals surface area contributed by atoms with Crippen LogP contribution in [0, 0.1) is 12.8 Å². The summed E-state index contributed by atoms with van der Waals surface area (Å²) in [6.45, 7) is 4.91. The van der Waals surface area contributed by atoms with Gasteiger partial charge in [-0.05, 0) is 42.7 Å². The highest BCUT2D eigenvalue weighted by Gasteiger charge is 2.45. The molecule has 2 saturated heterocycles. The van der Waals surface area contributed by atoms with E-state index in [0.29, 0.717) is 29.9 Å². The number of nitrogens with zero attached hydrogens (tertiary/aromatic N) is 2. The van der Waals surface area contributed by atoms with Crippen LogP contribution in [0.3, 0.4) is 0 Å². The van der Waals surface area contributed by atoms with Gasteiger partial charge < -0.3 is 4.74 Å². The zero-order chi connectivity index (χ0) is 19.0. The van der Waals surface area contributed by atoms with Crippen LogP contribution in [-0.2, 0) is 16.6 Å². The molecule has 2 aliphatic heterocycles. The number of fused-ring (bicyclic) bond motifs is 1. The first kappa shape index (κ1) is 18.5. The van der Waals surface area contributed by atoms with Gasteiger partial charge in [-0.25, -0.2) is 8.42 Å². The topological polar surface area (TPSA) is 49.9 Å². The molecule has 2 heterocycles. The van der Waals surface area contributed by atoms with Crippen molar-refractivity contribution in [2.45, 2.75) is 30.8 Å². The van der Waals surface area contributed by atoms with Crippen molar-refractivity contribution >= 4 is 10.0 Å². The number of aryl methyl sites for hydroxylation is 1. The van der Waals surface area contributed by atoms with Crippen molar-refractivity contribution in [3.05, 3.63) is 59.7 Å². The van der Waals surface area contributed by atoms with E-state index in [1.54, 1.807) is 23.5 Å². The number of methoxy groups -OCH3 is 1. The summed E-state index contributed by atoms with van der Waals surface area (Å²) in [4.78, 5) is 2.90. The van der Waals surface area contributed by atoms with Gasteiger partial charge in [0, 0.05) is 38.1 Å². The van der Waals surface area contributed by atoms with E-state index in [1.165, 1.54) is 5.56 Å². The van der Waals surface area contributed by atoms with E-state index < -0.39 is 10.0 Å². The fourth-order valence-electron chi connectivity index (χ4n) is 4.34. The third kappa shape index (κ3) is 3.49. The van der Waals surface area contributed by atoms with Gasteiger partial charge in [-0.1, -0.05) is 30.3 Å². The number of ether oxygens (including phenoxy) is 1. The number of piperidine rings is 1. The molecule has 144 valence electrons. The molecule has 0 aliphatic carbocycles. The highest BCUT2D eigenvalue weighted by atomic mass is 32.2. The fraction of sp³-hybridized carbons (Fsp3) is 0.429. The van der Waals surface area contributed by atoms with Gasteiger partial charge >= 0.3 is 0 Å². The Hall–Kier alpha value is -1.89. The second-order valence-electron chi connectivity index (χ2n) is 7.53. The summed E-state index contributed by atoms with van der Waals surface area (Å²) < 4.78 is 33.0. The van der Waals surface area contributed by atoms with E-state index in [9.17, 15) is 8.42 Å². The van der Waals surface area contributed by atoms with Crippen LogP contribution in [0.2, 0.25) is 0 Å². The molecule has 2 atom stereocenters. The lowest BCUT2D eigenvalue weighted by molar-refractivity contribution is -0.0306. The minimum absolute atomic E-state index is 0.420. The molecule has 0 spiro atoms. The average molecular weight is 387 g/mol. The lowest BCUT2D eigenvalue weighted by atomic mass is 9.83. The Morgan fingerprint density at radius 2 is 1.93 bits per heavy atom. The van der Waals surface area contributed by atoms with Crippen LogP contribution in [0.5, 0.6) is 5.75 Å². The predicted molar refractivity (Wildman–Crippen MR) is 105 cm³/mol. The van der Waals surface area contributed by atoms with Crippen molar-refractivity contribution < 1.29 is 13.2 Å². The van der Waals surface area contributed by atoms with Crippen LogP contribution >= 0.6 is 0 Å². The highest BCUT2D eigenvalue weighted by Crippen LogP contribution is 2.36. The summed E-state index contributed by atoms with van der Waals surface area (Å²) in [5.74, 6) is 1.30. The van der Waals surface area contributed by atoms with Crippen molar-refractivity contribution in [3.63, 3.8) is 0 Å². The van der Waals surface area contributed by atoms with Gasteiger partial charge in [0.2, 0.25) is 10.0 Å². The van der Waals surface area contributed by atoms with Crippen molar-refractivity contribution in [3.8, 4) is 5.75 Å². The van der Waals surface area contributed by atoms with Crippen molar-refractivity contribution in [2.75, 3.05) is 26.7 Å². The molecular formula is C21H26N2O3S. The number of hydrogen-bond donors (Lipinski definition) is 0. The largest absolute Gasteiger partial charge is 0.497 e. The first-order chi connectivity index (χ1) is 13.0. The summed E-state index contributed by atoms with van der Waals surface area (Å²) in [6.07, 6.45) is 0.889. The number of sulfonamides is 1. The lowest BCUT2D eigenvalue weighted by Gasteiger charge is -2.53. The third-order valence-corrected chi connectivity index (χ3v) is 7.85. The Morgan fingerprint density at radius 3 is 2.67 bits per heavy atom. The molecule has 2 fully saturated rings. The van der Waals surface area contributed by atoms with Gasteiger partial charge in [0.25, 0.3) is 0 Å². The first-order valence-electron chi connectivity index (χ1n) is 9.42. The van der Waals surface area contributed by atoms with Gasteiger partial charge in [-0.2, -0.15) is 4.31 Å². The second kappa shape index (κ2) is 7.26. The molecule has 0 N–H and O–H groups in total. The molecule has 27 heavy (non-hydrogen) atoms. The molecule has 0 bridgehead atoms. The van der Waals surface area contributed by atoms with Gasteiger partial charge in [0.05, 0.1) is 12.0 Å². The summed E-state index contributed by atoms with van der Waals surface area (Å²) in [5, 5.41) is 0. The number of likely N-dealkylation sites (tertiary alicyclic amines) is 1. The third-order valence-electron chi connectivity index (χ3n) is 5.83. The number of rotatable bonds is 5. The summed E-state index contributed by atoms with van der Waals surface area (Å²) in [5.41, 5.74) is 2.05. The Balaban J connectivity index is 1.41. The average Bonchev–Trinajstić information content (AvgIpc) is 2.66. The van der Waals surface area contributed by atoms with Crippen LogP contribution in [0.4, 0.5) is 0 Å². The molecule has 0 unspecified atom stereocenters. The molecular weight excluding hydrogens is 360 g/mol. The molecule has 2 aromatic carbocycles. The zero-order valence-electron chi connectivity index (χ0n) is 15.8. The molecule has 2 aliphatic rings. The number of hydrogen-bond acceptors (Lipinski definition) is 4.